The lowest BCUT2D eigenvalue weighted by Crippen LogP contribution is -2.42. The van der Waals surface area contributed by atoms with Crippen LogP contribution in [0, 0.1) is 6.92 Å². The Morgan fingerprint density at radius 2 is 1.90 bits per heavy atom. The first kappa shape index (κ1) is 27.4. The first-order valence-corrected chi connectivity index (χ1v) is 15.3. The summed E-state index contributed by atoms with van der Waals surface area (Å²) in [5, 5.41) is 3.11. The van der Waals surface area contributed by atoms with Gasteiger partial charge in [-0.1, -0.05) is 38.0 Å². The number of carbonyl (C=O) groups excluding carboxylic acids is 2. The molecule has 4 heterocycles. The molecule has 41 heavy (non-hydrogen) atoms. The number of hydrogen-bond donors (Lipinski definition) is 0. The van der Waals surface area contributed by atoms with E-state index in [1.165, 1.54) is 16.9 Å². The van der Waals surface area contributed by atoms with Crippen LogP contribution in [-0.2, 0) is 20.9 Å². The number of morpholine rings is 1. The highest BCUT2D eigenvalue weighted by atomic mass is 32.1. The van der Waals surface area contributed by atoms with Crippen molar-refractivity contribution in [1.29, 1.82) is 0 Å². The van der Waals surface area contributed by atoms with Crippen molar-refractivity contribution in [3.05, 3.63) is 71.6 Å². The molecule has 1 saturated carbocycles. The summed E-state index contributed by atoms with van der Waals surface area (Å²) in [6.07, 6.45) is 6.86. The van der Waals surface area contributed by atoms with E-state index in [0.29, 0.717) is 38.1 Å². The Balaban J connectivity index is 1.46. The molecule has 1 saturated heterocycles. The molecule has 8 heteroatoms. The van der Waals surface area contributed by atoms with Crippen LogP contribution < -0.4 is 4.74 Å². The van der Waals surface area contributed by atoms with Crippen LogP contribution in [0.5, 0.6) is 5.88 Å². The number of amides is 1. The van der Waals surface area contributed by atoms with Gasteiger partial charge in [-0.15, -0.1) is 11.3 Å². The predicted molar refractivity (Wildman–Crippen MR) is 162 cm³/mol. The summed E-state index contributed by atoms with van der Waals surface area (Å²) in [5.74, 6) is 0.157. The number of ether oxygens (including phenoxy) is 2. The molecule has 4 aromatic rings. The summed E-state index contributed by atoms with van der Waals surface area (Å²) >= 11 is 1.70. The van der Waals surface area contributed by atoms with Gasteiger partial charge in [0.25, 0.3) is 0 Å². The van der Waals surface area contributed by atoms with Crippen molar-refractivity contribution < 1.29 is 19.1 Å². The van der Waals surface area contributed by atoms with Crippen LogP contribution in [-0.4, -0.2) is 52.6 Å². The van der Waals surface area contributed by atoms with E-state index in [9.17, 15) is 9.59 Å². The first-order chi connectivity index (χ1) is 20.0. The quantitative estimate of drug-likeness (QED) is 0.182. The molecule has 0 radical (unpaired) electrons. The fourth-order valence-corrected chi connectivity index (χ4v) is 6.96. The zero-order valence-electron chi connectivity index (χ0n) is 23.4. The van der Waals surface area contributed by atoms with Crippen LogP contribution in [0.3, 0.4) is 0 Å². The van der Waals surface area contributed by atoms with E-state index in [2.05, 4.69) is 55.3 Å². The average molecular weight is 570 g/mol. The number of aryl methyl sites for hydroxylation is 1. The lowest BCUT2D eigenvalue weighted by molar-refractivity contribution is -0.136. The maximum atomic E-state index is 13.5. The van der Waals surface area contributed by atoms with Gasteiger partial charge < -0.3 is 18.9 Å². The van der Waals surface area contributed by atoms with Crippen molar-refractivity contribution in [3.63, 3.8) is 0 Å². The molecule has 1 aromatic carbocycles. The van der Waals surface area contributed by atoms with Crippen LogP contribution >= 0.6 is 11.3 Å². The van der Waals surface area contributed by atoms with E-state index < -0.39 is 5.97 Å². The van der Waals surface area contributed by atoms with Crippen molar-refractivity contribution in [3.8, 4) is 27.7 Å². The highest BCUT2D eigenvalue weighted by molar-refractivity contribution is 7.13. The minimum Gasteiger partial charge on any atom is -0.406 e. The summed E-state index contributed by atoms with van der Waals surface area (Å²) in [4.78, 5) is 33.9. The normalized spacial score (nSPS) is 16.2. The van der Waals surface area contributed by atoms with Crippen LogP contribution in [0.2, 0.25) is 0 Å². The van der Waals surface area contributed by atoms with Crippen molar-refractivity contribution in [2.45, 2.75) is 51.5 Å². The third-order valence-electron chi connectivity index (χ3n) is 8.22. The number of nitrogens with zero attached hydrogens (tertiary/aromatic N) is 3. The number of benzene rings is 1. The maximum Gasteiger partial charge on any atom is 0.336 e. The Hall–Kier alpha value is -3.75. The molecule has 6 rings (SSSR count). The third kappa shape index (κ3) is 5.72. The van der Waals surface area contributed by atoms with Crippen molar-refractivity contribution >= 4 is 34.1 Å². The fourth-order valence-electron chi connectivity index (χ4n) is 6.06. The Labute approximate surface area is 244 Å². The lowest BCUT2D eigenvalue weighted by Gasteiger charge is -2.28. The van der Waals surface area contributed by atoms with Gasteiger partial charge in [-0.3, -0.25) is 4.79 Å². The molecular weight excluding hydrogens is 534 g/mol. The van der Waals surface area contributed by atoms with E-state index in [1.807, 2.05) is 15.5 Å². The fraction of sp³-hybridized carbons (Fsp3) is 0.364. The van der Waals surface area contributed by atoms with Gasteiger partial charge in [0, 0.05) is 30.6 Å². The first-order valence-electron chi connectivity index (χ1n) is 14.4. The number of aromatic nitrogens is 2. The van der Waals surface area contributed by atoms with Gasteiger partial charge in [-0.05, 0) is 72.0 Å². The Morgan fingerprint density at radius 3 is 2.63 bits per heavy atom. The number of hydrogen-bond acceptors (Lipinski definition) is 6. The molecule has 1 amide bonds. The van der Waals surface area contributed by atoms with Gasteiger partial charge >= 0.3 is 5.97 Å². The molecule has 0 atom stereocenters. The minimum absolute atomic E-state index is 0.0188. The van der Waals surface area contributed by atoms with E-state index >= 15 is 0 Å². The molecule has 0 bridgehead atoms. The zero-order valence-corrected chi connectivity index (χ0v) is 24.3. The second-order valence-corrected chi connectivity index (χ2v) is 11.8. The summed E-state index contributed by atoms with van der Waals surface area (Å²) < 4.78 is 13.1. The van der Waals surface area contributed by atoms with Crippen molar-refractivity contribution in [2.75, 3.05) is 26.3 Å². The molecule has 3 aromatic heterocycles. The molecule has 0 spiro atoms. The molecule has 1 aliphatic heterocycles. The van der Waals surface area contributed by atoms with E-state index in [1.54, 1.807) is 11.3 Å². The molecule has 0 unspecified atom stereocenters. The number of fused-ring (bicyclic) bond motifs is 1. The Morgan fingerprint density at radius 1 is 1.10 bits per heavy atom. The SMILES string of the molecule is C=CC(=O)Oc1cc(C2CCCCC2)c(-c2ccc3nc(-c4sccc4C)ccc3c2)n1CC(=O)N1CCOCC1. The van der Waals surface area contributed by atoms with Crippen molar-refractivity contribution in [1.82, 2.24) is 14.5 Å². The number of esters is 1. The minimum atomic E-state index is -0.538. The third-order valence-corrected chi connectivity index (χ3v) is 9.26. The largest absolute Gasteiger partial charge is 0.406 e. The van der Waals surface area contributed by atoms with Crippen LogP contribution in [0.1, 0.15) is 49.1 Å². The topological polar surface area (TPSA) is 73.7 Å². The van der Waals surface area contributed by atoms with Crippen molar-refractivity contribution in [2.24, 2.45) is 0 Å². The average Bonchev–Trinajstić information content (AvgIpc) is 3.60. The molecular formula is C33H35N3O4S. The highest BCUT2D eigenvalue weighted by Gasteiger charge is 2.28. The van der Waals surface area contributed by atoms with Gasteiger partial charge in [0.15, 0.2) is 0 Å². The lowest BCUT2D eigenvalue weighted by atomic mass is 9.83. The monoisotopic (exact) mass is 569 g/mol. The van der Waals surface area contributed by atoms with E-state index in [-0.39, 0.29) is 12.5 Å². The predicted octanol–water partition coefficient (Wildman–Crippen LogP) is 6.74. The van der Waals surface area contributed by atoms with Gasteiger partial charge in [0.1, 0.15) is 6.54 Å². The van der Waals surface area contributed by atoms with Crippen LogP contribution in [0.15, 0.2) is 60.5 Å². The number of rotatable bonds is 7. The molecule has 7 nitrogen and oxygen atoms in total. The molecule has 2 aliphatic rings. The van der Waals surface area contributed by atoms with E-state index in [4.69, 9.17) is 14.5 Å². The smallest absolute Gasteiger partial charge is 0.336 e. The van der Waals surface area contributed by atoms with Gasteiger partial charge in [0.2, 0.25) is 11.8 Å². The van der Waals surface area contributed by atoms with Gasteiger partial charge in [-0.25, -0.2) is 9.78 Å². The summed E-state index contributed by atoms with van der Waals surface area (Å²) in [7, 11) is 0. The number of thiophene rings is 1. The molecule has 212 valence electrons. The van der Waals surface area contributed by atoms with Crippen LogP contribution in [0.4, 0.5) is 0 Å². The van der Waals surface area contributed by atoms with Crippen LogP contribution in [0.25, 0.3) is 32.7 Å². The highest BCUT2D eigenvalue weighted by Crippen LogP contribution is 2.43. The second kappa shape index (κ2) is 12.0. The molecule has 1 aliphatic carbocycles. The summed E-state index contributed by atoms with van der Waals surface area (Å²) in [5.41, 5.74) is 6.16. The zero-order chi connectivity index (χ0) is 28.3. The standard InChI is InChI=1S/C33H35N3O4S/c1-3-31(38)40-30-20-26(23-7-5-4-6-8-23)32(36(30)21-29(37)35-14-16-39-17-15-35)25-10-11-27-24(19-25)9-12-28(34-27)33-22(2)13-18-41-33/h3,9-13,18-20,23H,1,4-8,14-17,21H2,2H3. The van der Waals surface area contributed by atoms with E-state index in [0.717, 1.165) is 65.2 Å². The van der Waals surface area contributed by atoms with Gasteiger partial charge in [0.05, 0.1) is 35.0 Å². The maximum absolute atomic E-state index is 13.5. The summed E-state index contributed by atoms with van der Waals surface area (Å²) in [6.45, 7) is 7.94. The number of carbonyl (C=O) groups is 2. The van der Waals surface area contributed by atoms with Gasteiger partial charge in [-0.2, -0.15) is 0 Å². The second-order valence-electron chi connectivity index (χ2n) is 10.9. The molecule has 2 fully saturated rings. The Bertz CT molecular complexity index is 1590. The molecule has 0 N–H and O–H groups in total. The summed E-state index contributed by atoms with van der Waals surface area (Å²) in [6, 6.07) is 14.6. The number of pyridine rings is 1. The Kier molecular flexibility index (Phi) is 8.03.